The van der Waals surface area contributed by atoms with Crippen molar-refractivity contribution >= 4 is 27.9 Å². The summed E-state index contributed by atoms with van der Waals surface area (Å²) in [5.41, 5.74) is 3.66. The van der Waals surface area contributed by atoms with Crippen LogP contribution in [0.15, 0.2) is 60.7 Å². The fourth-order valence-corrected chi connectivity index (χ4v) is 4.53. The van der Waals surface area contributed by atoms with Crippen LogP contribution in [-0.4, -0.2) is 19.1 Å². The molecule has 27 heavy (non-hydrogen) atoms. The minimum atomic E-state index is -0.0396. The molecule has 3 aromatic rings. The zero-order valence-electron chi connectivity index (χ0n) is 15.4. The number of nitrogens with one attached hydrogen (secondary N) is 1. The van der Waals surface area contributed by atoms with Gasteiger partial charge in [0, 0.05) is 18.3 Å². The molecule has 0 aliphatic carbocycles. The number of amides is 1. The molecule has 1 atom stereocenters. The summed E-state index contributed by atoms with van der Waals surface area (Å²) in [5.74, 6) is 0.773. The lowest BCUT2D eigenvalue weighted by molar-refractivity contribution is 0.0955. The molecule has 0 spiro atoms. The number of thiophene rings is 1. The quantitative estimate of drug-likeness (QED) is 0.695. The zero-order valence-corrected chi connectivity index (χ0v) is 16.3. The SMILES string of the molecule is COc1ccc(CNC(=O)c2ccc(N3c4ccccc4C[C@H]3C)s2)cc1. The average molecular weight is 378 g/mol. The largest absolute Gasteiger partial charge is 0.497 e. The van der Waals surface area contributed by atoms with Crippen molar-refractivity contribution < 1.29 is 9.53 Å². The molecule has 1 amide bonds. The number of rotatable bonds is 5. The molecule has 4 nitrogen and oxygen atoms in total. The summed E-state index contributed by atoms with van der Waals surface area (Å²) in [4.78, 5) is 15.6. The van der Waals surface area contributed by atoms with Gasteiger partial charge in [0.1, 0.15) is 5.75 Å². The van der Waals surface area contributed by atoms with Crippen LogP contribution in [0.2, 0.25) is 0 Å². The van der Waals surface area contributed by atoms with Gasteiger partial charge in [0.25, 0.3) is 5.91 Å². The maximum absolute atomic E-state index is 12.6. The number of para-hydroxylation sites is 1. The number of hydrogen-bond acceptors (Lipinski definition) is 4. The molecule has 1 aliphatic rings. The van der Waals surface area contributed by atoms with E-state index in [1.54, 1.807) is 18.4 Å². The van der Waals surface area contributed by atoms with Crippen LogP contribution < -0.4 is 15.0 Å². The summed E-state index contributed by atoms with van der Waals surface area (Å²) in [6, 6.07) is 20.6. The van der Waals surface area contributed by atoms with Crippen LogP contribution in [0.1, 0.15) is 27.7 Å². The van der Waals surface area contributed by atoms with Gasteiger partial charge in [-0.1, -0.05) is 30.3 Å². The highest BCUT2D eigenvalue weighted by atomic mass is 32.1. The summed E-state index contributed by atoms with van der Waals surface area (Å²) in [6.45, 7) is 2.72. The highest BCUT2D eigenvalue weighted by molar-refractivity contribution is 7.18. The second-order valence-corrected chi connectivity index (χ2v) is 7.78. The number of anilines is 2. The van der Waals surface area contributed by atoms with Crippen LogP contribution in [0, 0.1) is 0 Å². The van der Waals surface area contributed by atoms with Gasteiger partial charge in [0.2, 0.25) is 0 Å². The van der Waals surface area contributed by atoms with Crippen molar-refractivity contribution in [1.82, 2.24) is 5.32 Å². The van der Waals surface area contributed by atoms with Gasteiger partial charge >= 0.3 is 0 Å². The summed E-state index contributed by atoms with van der Waals surface area (Å²) >= 11 is 1.54. The first-order valence-electron chi connectivity index (χ1n) is 9.04. The molecule has 5 heteroatoms. The lowest BCUT2D eigenvalue weighted by Crippen LogP contribution is -2.23. The number of hydrogen-bond donors (Lipinski definition) is 1. The first kappa shape index (κ1) is 17.6. The monoisotopic (exact) mass is 378 g/mol. The fourth-order valence-electron chi connectivity index (χ4n) is 3.49. The Morgan fingerprint density at radius 1 is 1.15 bits per heavy atom. The molecule has 0 unspecified atom stereocenters. The van der Waals surface area contributed by atoms with E-state index in [0.717, 1.165) is 27.6 Å². The number of ether oxygens (including phenoxy) is 1. The number of methoxy groups -OCH3 is 1. The number of benzene rings is 2. The van der Waals surface area contributed by atoms with Crippen LogP contribution in [-0.2, 0) is 13.0 Å². The van der Waals surface area contributed by atoms with Crippen LogP contribution >= 0.6 is 11.3 Å². The molecule has 0 bridgehead atoms. The maximum Gasteiger partial charge on any atom is 0.261 e. The van der Waals surface area contributed by atoms with Crippen molar-refractivity contribution in [2.45, 2.75) is 25.9 Å². The van der Waals surface area contributed by atoms with Crippen molar-refractivity contribution in [2.75, 3.05) is 12.0 Å². The zero-order chi connectivity index (χ0) is 18.8. The molecule has 1 N–H and O–H groups in total. The number of carbonyl (C=O) groups excluding carboxylic acids is 1. The Morgan fingerprint density at radius 2 is 1.93 bits per heavy atom. The maximum atomic E-state index is 12.6. The topological polar surface area (TPSA) is 41.6 Å². The number of fused-ring (bicyclic) bond motifs is 1. The predicted octanol–water partition coefficient (Wildman–Crippen LogP) is 4.77. The Balaban J connectivity index is 1.45. The van der Waals surface area contributed by atoms with Gasteiger partial charge in [-0.3, -0.25) is 4.79 Å². The third-order valence-electron chi connectivity index (χ3n) is 4.87. The first-order valence-corrected chi connectivity index (χ1v) is 9.85. The van der Waals surface area contributed by atoms with Crippen LogP contribution in [0.4, 0.5) is 10.7 Å². The molecule has 4 rings (SSSR count). The first-order chi connectivity index (χ1) is 13.2. The highest BCUT2D eigenvalue weighted by Gasteiger charge is 2.28. The summed E-state index contributed by atoms with van der Waals surface area (Å²) < 4.78 is 5.16. The molecule has 2 heterocycles. The second kappa shape index (κ2) is 7.45. The van der Waals surface area contributed by atoms with Crippen LogP contribution in [0.3, 0.4) is 0 Å². The fraction of sp³-hybridized carbons (Fsp3) is 0.227. The summed E-state index contributed by atoms with van der Waals surface area (Å²) in [7, 11) is 1.64. The predicted molar refractivity (Wildman–Crippen MR) is 110 cm³/mol. The molecular formula is C22H22N2O2S. The molecule has 2 aromatic carbocycles. The average Bonchev–Trinajstić information content (AvgIpc) is 3.30. The Bertz CT molecular complexity index is 949. The Morgan fingerprint density at radius 3 is 2.70 bits per heavy atom. The third kappa shape index (κ3) is 3.55. The molecule has 138 valence electrons. The third-order valence-corrected chi connectivity index (χ3v) is 5.96. The Kier molecular flexibility index (Phi) is 4.86. The van der Waals surface area contributed by atoms with Gasteiger partial charge in [-0.2, -0.15) is 0 Å². The number of carbonyl (C=O) groups is 1. The Hall–Kier alpha value is -2.79. The molecule has 1 aliphatic heterocycles. The van der Waals surface area contributed by atoms with E-state index in [4.69, 9.17) is 4.74 Å². The van der Waals surface area contributed by atoms with Crippen molar-refractivity contribution in [1.29, 1.82) is 0 Å². The van der Waals surface area contributed by atoms with E-state index in [2.05, 4.69) is 41.4 Å². The normalized spacial score (nSPS) is 15.5. The van der Waals surface area contributed by atoms with E-state index in [1.807, 2.05) is 36.4 Å². The smallest absolute Gasteiger partial charge is 0.261 e. The van der Waals surface area contributed by atoms with E-state index >= 15 is 0 Å². The molecule has 0 saturated heterocycles. The molecular weight excluding hydrogens is 356 g/mol. The second-order valence-electron chi connectivity index (χ2n) is 6.72. The van der Waals surface area contributed by atoms with Crippen molar-refractivity contribution in [2.24, 2.45) is 0 Å². The van der Waals surface area contributed by atoms with E-state index in [9.17, 15) is 4.79 Å². The lowest BCUT2D eigenvalue weighted by Gasteiger charge is -2.22. The summed E-state index contributed by atoms with van der Waals surface area (Å²) in [5, 5.41) is 4.11. The van der Waals surface area contributed by atoms with Gasteiger partial charge in [-0.25, -0.2) is 0 Å². The molecule has 1 aromatic heterocycles. The van der Waals surface area contributed by atoms with Gasteiger partial charge in [0.15, 0.2) is 0 Å². The highest BCUT2D eigenvalue weighted by Crippen LogP contribution is 2.41. The molecule has 0 saturated carbocycles. The van der Waals surface area contributed by atoms with Crippen molar-refractivity contribution in [3.63, 3.8) is 0 Å². The van der Waals surface area contributed by atoms with Gasteiger partial charge in [-0.15, -0.1) is 11.3 Å². The van der Waals surface area contributed by atoms with Crippen LogP contribution in [0.25, 0.3) is 0 Å². The molecule has 0 fully saturated rings. The standard InChI is InChI=1S/C22H22N2O2S/c1-15-13-17-5-3-4-6-19(17)24(15)21-12-11-20(27-21)22(25)23-14-16-7-9-18(26-2)10-8-16/h3-12,15H,13-14H2,1-2H3,(H,23,25)/t15-/m1/s1. The van der Waals surface area contributed by atoms with Gasteiger partial charge in [-0.05, 0) is 54.8 Å². The van der Waals surface area contributed by atoms with E-state index in [-0.39, 0.29) is 5.91 Å². The van der Waals surface area contributed by atoms with Crippen molar-refractivity contribution in [3.8, 4) is 5.75 Å². The van der Waals surface area contributed by atoms with E-state index in [1.165, 1.54) is 11.3 Å². The minimum Gasteiger partial charge on any atom is -0.497 e. The molecule has 0 radical (unpaired) electrons. The van der Waals surface area contributed by atoms with Crippen molar-refractivity contribution in [3.05, 3.63) is 76.7 Å². The van der Waals surface area contributed by atoms with Gasteiger partial charge < -0.3 is 15.0 Å². The Labute approximate surface area is 163 Å². The number of nitrogens with zero attached hydrogens (tertiary/aromatic N) is 1. The van der Waals surface area contributed by atoms with E-state index < -0.39 is 0 Å². The van der Waals surface area contributed by atoms with Gasteiger partial charge in [0.05, 0.1) is 17.0 Å². The minimum absolute atomic E-state index is 0.0396. The van der Waals surface area contributed by atoms with Crippen LogP contribution in [0.5, 0.6) is 5.75 Å². The summed E-state index contributed by atoms with van der Waals surface area (Å²) in [6.07, 6.45) is 1.03. The van der Waals surface area contributed by atoms with E-state index in [0.29, 0.717) is 12.6 Å². The lowest BCUT2D eigenvalue weighted by atomic mass is 10.1.